The van der Waals surface area contributed by atoms with Gasteiger partial charge in [-0.2, -0.15) is 0 Å². The van der Waals surface area contributed by atoms with Crippen molar-refractivity contribution in [3.05, 3.63) is 23.8 Å². The lowest BCUT2D eigenvalue weighted by atomic mass is 10.1. The molecule has 0 aromatic carbocycles. The monoisotopic (exact) mass is 233 g/mol. The molecule has 1 fully saturated rings. The molecule has 0 spiro atoms. The van der Waals surface area contributed by atoms with Crippen LogP contribution in [0.3, 0.4) is 0 Å². The van der Waals surface area contributed by atoms with Crippen LogP contribution in [0.15, 0.2) is 12.4 Å². The van der Waals surface area contributed by atoms with Crippen LogP contribution in [-0.2, 0) is 6.54 Å². The summed E-state index contributed by atoms with van der Waals surface area (Å²) in [6, 6.07) is 0. The molecule has 1 unspecified atom stereocenters. The highest BCUT2D eigenvalue weighted by Gasteiger charge is 2.48. The van der Waals surface area contributed by atoms with E-state index in [9.17, 15) is 0 Å². The summed E-state index contributed by atoms with van der Waals surface area (Å²) in [5.41, 5.74) is 1.59. The van der Waals surface area contributed by atoms with E-state index in [0.717, 1.165) is 18.9 Å². The zero-order chi connectivity index (χ0) is 12.5. The number of aromatic nitrogens is 2. The molecule has 94 valence electrons. The predicted molar refractivity (Wildman–Crippen MR) is 69.7 cm³/mol. The predicted octanol–water partition coefficient (Wildman–Crippen LogP) is 2.74. The molecule has 0 radical (unpaired) electrons. The first kappa shape index (κ1) is 12.5. The van der Waals surface area contributed by atoms with Crippen molar-refractivity contribution in [3.8, 4) is 0 Å². The number of hydrogen-bond donors (Lipinski definition) is 1. The van der Waals surface area contributed by atoms with Crippen molar-refractivity contribution in [3.63, 3.8) is 0 Å². The molecular formula is C14H23N3. The molecule has 1 heterocycles. The highest BCUT2D eigenvalue weighted by atomic mass is 14.9. The van der Waals surface area contributed by atoms with E-state index in [2.05, 4.69) is 43.0 Å². The van der Waals surface area contributed by atoms with Crippen LogP contribution in [0, 0.1) is 11.3 Å². The number of nitrogens with zero attached hydrogens (tertiary/aromatic N) is 2. The third-order valence-electron chi connectivity index (χ3n) is 3.43. The minimum absolute atomic E-state index is 0.414. The van der Waals surface area contributed by atoms with E-state index in [0.29, 0.717) is 17.3 Å². The summed E-state index contributed by atoms with van der Waals surface area (Å²) >= 11 is 0. The maximum absolute atomic E-state index is 4.48. The van der Waals surface area contributed by atoms with Gasteiger partial charge in [-0.25, -0.2) is 9.97 Å². The molecule has 0 aliphatic heterocycles. The number of rotatable bonds is 5. The van der Waals surface area contributed by atoms with Crippen molar-refractivity contribution in [2.75, 3.05) is 6.54 Å². The van der Waals surface area contributed by atoms with Crippen LogP contribution in [0.4, 0.5) is 0 Å². The molecule has 0 bridgehead atoms. The fourth-order valence-electron chi connectivity index (χ4n) is 2.05. The van der Waals surface area contributed by atoms with Gasteiger partial charge in [0.25, 0.3) is 0 Å². The van der Waals surface area contributed by atoms with Gasteiger partial charge in [-0.15, -0.1) is 0 Å². The van der Waals surface area contributed by atoms with Crippen LogP contribution < -0.4 is 5.32 Å². The van der Waals surface area contributed by atoms with Gasteiger partial charge in [-0.3, -0.25) is 0 Å². The van der Waals surface area contributed by atoms with Gasteiger partial charge in [0.2, 0.25) is 0 Å². The van der Waals surface area contributed by atoms with Gasteiger partial charge in [0.15, 0.2) is 0 Å². The summed E-state index contributed by atoms with van der Waals surface area (Å²) in [5, 5.41) is 3.40. The molecule has 1 saturated carbocycles. The molecule has 1 aromatic heterocycles. The third-order valence-corrected chi connectivity index (χ3v) is 3.43. The van der Waals surface area contributed by atoms with E-state index < -0.39 is 0 Å². The van der Waals surface area contributed by atoms with E-state index in [1.54, 1.807) is 0 Å². The lowest BCUT2D eigenvalue weighted by molar-refractivity contribution is 0.550. The highest BCUT2D eigenvalue weighted by Crippen LogP contribution is 2.57. The maximum atomic E-state index is 4.48. The Balaban J connectivity index is 1.86. The zero-order valence-corrected chi connectivity index (χ0v) is 11.3. The Bertz CT molecular complexity index is 368. The molecular weight excluding hydrogens is 210 g/mol. The Labute approximate surface area is 104 Å². The second kappa shape index (κ2) is 4.73. The number of nitrogens with one attached hydrogen (secondary N) is 1. The van der Waals surface area contributed by atoms with E-state index in [1.807, 2.05) is 12.4 Å². The van der Waals surface area contributed by atoms with Crippen molar-refractivity contribution >= 4 is 0 Å². The van der Waals surface area contributed by atoms with E-state index >= 15 is 0 Å². The van der Waals surface area contributed by atoms with E-state index in [4.69, 9.17) is 0 Å². The van der Waals surface area contributed by atoms with Gasteiger partial charge in [-0.1, -0.05) is 27.7 Å². The first-order valence-electron chi connectivity index (χ1n) is 6.50. The minimum Gasteiger partial charge on any atom is -0.312 e. The molecule has 1 N–H and O–H groups in total. The Hall–Kier alpha value is -0.960. The molecule has 3 heteroatoms. The molecule has 1 aromatic rings. The van der Waals surface area contributed by atoms with Crippen LogP contribution in [0.2, 0.25) is 0 Å². The van der Waals surface area contributed by atoms with Crippen molar-refractivity contribution in [2.45, 2.75) is 46.6 Å². The highest BCUT2D eigenvalue weighted by molar-refractivity contribution is 5.17. The standard InChI is InChI=1S/C14H23N3/c1-10(2)6-15-7-11-8-16-13(17-9-11)12-5-14(12,3)4/h8-10,12,15H,5-7H2,1-4H3. The van der Waals surface area contributed by atoms with Gasteiger partial charge in [0, 0.05) is 30.4 Å². The van der Waals surface area contributed by atoms with Gasteiger partial charge in [-0.05, 0) is 24.3 Å². The van der Waals surface area contributed by atoms with Crippen LogP contribution in [0.5, 0.6) is 0 Å². The largest absolute Gasteiger partial charge is 0.312 e. The Kier molecular flexibility index (Phi) is 3.48. The second-order valence-electron chi connectivity index (χ2n) is 6.22. The topological polar surface area (TPSA) is 37.8 Å². The van der Waals surface area contributed by atoms with E-state index in [1.165, 1.54) is 12.0 Å². The Morgan fingerprint density at radius 2 is 1.94 bits per heavy atom. The first-order chi connectivity index (χ1) is 7.99. The fourth-order valence-corrected chi connectivity index (χ4v) is 2.05. The van der Waals surface area contributed by atoms with Gasteiger partial charge in [0.1, 0.15) is 5.82 Å². The molecule has 2 rings (SSSR count). The van der Waals surface area contributed by atoms with Crippen LogP contribution in [0.25, 0.3) is 0 Å². The smallest absolute Gasteiger partial charge is 0.131 e. The summed E-state index contributed by atoms with van der Waals surface area (Å²) in [6.45, 7) is 10.9. The van der Waals surface area contributed by atoms with Gasteiger partial charge in [0.05, 0.1) is 0 Å². The summed E-state index contributed by atoms with van der Waals surface area (Å²) in [7, 11) is 0. The summed E-state index contributed by atoms with van der Waals surface area (Å²) in [6.07, 6.45) is 5.14. The molecule has 1 atom stereocenters. The van der Waals surface area contributed by atoms with Gasteiger partial charge < -0.3 is 5.32 Å². The summed E-state index contributed by atoms with van der Waals surface area (Å²) in [5.74, 6) is 2.27. The molecule has 1 aliphatic rings. The SMILES string of the molecule is CC(C)CNCc1cnc(C2CC2(C)C)nc1. The fraction of sp³-hybridized carbons (Fsp3) is 0.714. The molecule has 0 saturated heterocycles. The Morgan fingerprint density at radius 1 is 1.35 bits per heavy atom. The third kappa shape index (κ3) is 3.25. The lowest BCUT2D eigenvalue weighted by Gasteiger charge is -2.07. The van der Waals surface area contributed by atoms with Crippen molar-refractivity contribution in [2.24, 2.45) is 11.3 Å². The van der Waals surface area contributed by atoms with Crippen molar-refractivity contribution in [1.82, 2.24) is 15.3 Å². The molecule has 1 aliphatic carbocycles. The van der Waals surface area contributed by atoms with Crippen LogP contribution in [-0.4, -0.2) is 16.5 Å². The number of hydrogen-bond acceptors (Lipinski definition) is 3. The lowest BCUT2D eigenvalue weighted by Crippen LogP contribution is -2.19. The van der Waals surface area contributed by atoms with E-state index in [-0.39, 0.29) is 0 Å². The average Bonchev–Trinajstić information content (AvgIpc) is 2.88. The normalized spacial score (nSPS) is 21.8. The van der Waals surface area contributed by atoms with Crippen LogP contribution >= 0.6 is 0 Å². The maximum Gasteiger partial charge on any atom is 0.131 e. The van der Waals surface area contributed by atoms with Crippen molar-refractivity contribution in [1.29, 1.82) is 0 Å². The Morgan fingerprint density at radius 3 is 2.41 bits per heavy atom. The molecule has 0 amide bonds. The zero-order valence-electron chi connectivity index (χ0n) is 11.3. The summed E-state index contributed by atoms with van der Waals surface area (Å²) in [4.78, 5) is 8.97. The van der Waals surface area contributed by atoms with Crippen LogP contribution in [0.1, 0.15) is 51.4 Å². The van der Waals surface area contributed by atoms with Crippen molar-refractivity contribution < 1.29 is 0 Å². The average molecular weight is 233 g/mol. The quantitative estimate of drug-likeness (QED) is 0.849. The van der Waals surface area contributed by atoms with Gasteiger partial charge >= 0.3 is 0 Å². The molecule has 3 nitrogen and oxygen atoms in total. The summed E-state index contributed by atoms with van der Waals surface area (Å²) < 4.78 is 0. The molecule has 17 heavy (non-hydrogen) atoms. The second-order valence-corrected chi connectivity index (χ2v) is 6.22. The first-order valence-corrected chi connectivity index (χ1v) is 6.50. The minimum atomic E-state index is 0.414.